The highest BCUT2D eigenvalue weighted by Crippen LogP contribution is 2.38. The Balaban J connectivity index is 1.77. The molecule has 0 aliphatic carbocycles. The van der Waals surface area contributed by atoms with Crippen LogP contribution in [0.15, 0.2) is 84.9 Å². The number of hydroxylamine groups is 2. The van der Waals surface area contributed by atoms with Gasteiger partial charge in [-0.25, -0.2) is 4.79 Å². The predicted octanol–water partition coefficient (Wildman–Crippen LogP) is 4.67. The monoisotopic (exact) mass is 375 g/mol. The molecule has 3 aromatic rings. The number of hydrogen-bond acceptors (Lipinski definition) is 5. The van der Waals surface area contributed by atoms with Crippen molar-refractivity contribution in [2.24, 2.45) is 0 Å². The summed E-state index contributed by atoms with van der Waals surface area (Å²) in [6.45, 7) is 0.350. The third-order valence-corrected chi connectivity index (χ3v) is 4.50. The van der Waals surface area contributed by atoms with E-state index in [9.17, 15) is 14.9 Å². The molecule has 7 nitrogen and oxygen atoms in total. The SMILES string of the molecule is O=C1ON(Cc2ccccc2)C(c2cccc([N+](=O)[O-])c2)N1c1ccccc1. The van der Waals surface area contributed by atoms with E-state index in [4.69, 9.17) is 4.84 Å². The molecule has 0 aromatic heterocycles. The van der Waals surface area contributed by atoms with Gasteiger partial charge in [0.25, 0.3) is 5.69 Å². The summed E-state index contributed by atoms with van der Waals surface area (Å²) in [6.07, 6.45) is -1.16. The van der Waals surface area contributed by atoms with E-state index in [1.807, 2.05) is 48.5 Å². The van der Waals surface area contributed by atoms with Gasteiger partial charge in [-0.1, -0.05) is 60.7 Å². The molecule has 7 heteroatoms. The Labute approximate surface area is 161 Å². The molecule has 1 aliphatic heterocycles. The topological polar surface area (TPSA) is 75.9 Å². The Morgan fingerprint density at radius 3 is 2.29 bits per heavy atom. The number of para-hydroxylation sites is 1. The zero-order valence-electron chi connectivity index (χ0n) is 14.8. The maximum absolute atomic E-state index is 12.7. The summed E-state index contributed by atoms with van der Waals surface area (Å²) in [5.41, 5.74) is 2.17. The zero-order valence-corrected chi connectivity index (χ0v) is 14.8. The molecule has 0 spiro atoms. The molecule has 0 radical (unpaired) electrons. The third kappa shape index (κ3) is 3.43. The molecule has 4 rings (SSSR count). The van der Waals surface area contributed by atoms with Crippen LogP contribution in [0.4, 0.5) is 16.2 Å². The van der Waals surface area contributed by atoms with Gasteiger partial charge in [-0.05, 0) is 23.3 Å². The number of anilines is 1. The van der Waals surface area contributed by atoms with Crippen molar-refractivity contribution in [3.05, 3.63) is 106 Å². The van der Waals surface area contributed by atoms with Crippen LogP contribution in [0.3, 0.4) is 0 Å². The van der Waals surface area contributed by atoms with Gasteiger partial charge in [0.1, 0.15) is 0 Å². The van der Waals surface area contributed by atoms with Crippen LogP contribution in [0.2, 0.25) is 0 Å². The average Bonchev–Trinajstić information content (AvgIpc) is 3.05. The van der Waals surface area contributed by atoms with Crippen molar-refractivity contribution in [2.75, 3.05) is 4.90 Å². The Kier molecular flexibility index (Phi) is 4.74. The Bertz CT molecular complexity index is 995. The first-order valence-corrected chi connectivity index (χ1v) is 8.74. The summed E-state index contributed by atoms with van der Waals surface area (Å²) in [7, 11) is 0. The molecule has 0 bridgehead atoms. The third-order valence-electron chi connectivity index (χ3n) is 4.50. The van der Waals surface area contributed by atoms with Gasteiger partial charge in [0.05, 0.1) is 11.5 Å². The molecule has 1 saturated heterocycles. The number of rotatable bonds is 5. The van der Waals surface area contributed by atoms with Gasteiger partial charge in [0.2, 0.25) is 0 Å². The summed E-state index contributed by atoms with van der Waals surface area (Å²) < 4.78 is 0. The van der Waals surface area contributed by atoms with E-state index in [1.54, 1.807) is 29.3 Å². The van der Waals surface area contributed by atoms with Crippen LogP contribution in [-0.4, -0.2) is 16.1 Å². The highest BCUT2D eigenvalue weighted by molar-refractivity contribution is 5.89. The molecule has 0 saturated carbocycles. The molecule has 1 amide bonds. The largest absolute Gasteiger partial charge is 0.435 e. The van der Waals surface area contributed by atoms with Crippen molar-refractivity contribution in [1.29, 1.82) is 0 Å². The quantitative estimate of drug-likeness (QED) is 0.479. The molecule has 140 valence electrons. The zero-order chi connectivity index (χ0) is 19.5. The summed E-state index contributed by atoms with van der Waals surface area (Å²) in [6, 6.07) is 25.0. The van der Waals surface area contributed by atoms with Crippen LogP contribution >= 0.6 is 0 Å². The van der Waals surface area contributed by atoms with Crippen molar-refractivity contribution >= 4 is 17.5 Å². The number of nitro benzene ring substituents is 1. The fourth-order valence-electron chi connectivity index (χ4n) is 3.25. The van der Waals surface area contributed by atoms with Crippen molar-refractivity contribution in [3.63, 3.8) is 0 Å². The van der Waals surface area contributed by atoms with Crippen molar-refractivity contribution < 1.29 is 14.6 Å². The Morgan fingerprint density at radius 2 is 1.61 bits per heavy atom. The number of amides is 1. The summed E-state index contributed by atoms with van der Waals surface area (Å²) in [5, 5.41) is 12.8. The average molecular weight is 375 g/mol. The fraction of sp³-hybridized carbons (Fsp3) is 0.0952. The van der Waals surface area contributed by atoms with E-state index in [2.05, 4.69) is 0 Å². The summed E-state index contributed by atoms with van der Waals surface area (Å²) in [5.74, 6) is 0. The van der Waals surface area contributed by atoms with Gasteiger partial charge < -0.3 is 4.84 Å². The van der Waals surface area contributed by atoms with Gasteiger partial charge in [-0.3, -0.25) is 15.0 Å². The van der Waals surface area contributed by atoms with E-state index < -0.39 is 17.2 Å². The molecule has 28 heavy (non-hydrogen) atoms. The molecule has 1 fully saturated rings. The smallest absolute Gasteiger partial charge is 0.348 e. The predicted molar refractivity (Wildman–Crippen MR) is 103 cm³/mol. The lowest BCUT2D eigenvalue weighted by atomic mass is 10.1. The second kappa shape index (κ2) is 7.50. The number of non-ortho nitro benzene ring substituents is 1. The molecular formula is C21H17N3O4. The first-order valence-electron chi connectivity index (χ1n) is 8.74. The van der Waals surface area contributed by atoms with Gasteiger partial charge in [-0.2, -0.15) is 0 Å². The second-order valence-electron chi connectivity index (χ2n) is 6.35. The van der Waals surface area contributed by atoms with Gasteiger partial charge >= 0.3 is 6.09 Å². The van der Waals surface area contributed by atoms with Crippen LogP contribution in [-0.2, 0) is 11.4 Å². The van der Waals surface area contributed by atoms with E-state index in [0.29, 0.717) is 17.8 Å². The lowest BCUT2D eigenvalue weighted by Gasteiger charge is -2.26. The normalized spacial score (nSPS) is 16.8. The molecule has 3 aromatic carbocycles. The summed E-state index contributed by atoms with van der Waals surface area (Å²) in [4.78, 5) is 30.5. The van der Waals surface area contributed by atoms with Crippen LogP contribution in [0.25, 0.3) is 0 Å². The number of nitrogens with zero attached hydrogens (tertiary/aromatic N) is 3. The number of carbonyl (C=O) groups is 1. The maximum atomic E-state index is 12.7. The molecule has 1 unspecified atom stereocenters. The van der Waals surface area contributed by atoms with Crippen LogP contribution < -0.4 is 4.90 Å². The number of benzene rings is 3. The molecule has 1 atom stereocenters. The highest BCUT2D eigenvalue weighted by Gasteiger charge is 2.42. The molecular weight excluding hydrogens is 358 g/mol. The number of hydrogen-bond donors (Lipinski definition) is 0. The molecule has 1 heterocycles. The first kappa shape index (κ1) is 17.7. The van der Waals surface area contributed by atoms with Crippen molar-refractivity contribution in [2.45, 2.75) is 12.7 Å². The van der Waals surface area contributed by atoms with Gasteiger partial charge in [0, 0.05) is 17.8 Å². The van der Waals surface area contributed by atoms with E-state index in [1.165, 1.54) is 17.0 Å². The van der Waals surface area contributed by atoms with Crippen molar-refractivity contribution in [3.8, 4) is 0 Å². The highest BCUT2D eigenvalue weighted by atomic mass is 16.7. The number of nitro groups is 1. The van der Waals surface area contributed by atoms with Crippen LogP contribution in [0, 0.1) is 10.1 Å². The fourth-order valence-corrected chi connectivity index (χ4v) is 3.25. The van der Waals surface area contributed by atoms with Gasteiger partial charge in [-0.15, -0.1) is 5.06 Å². The van der Waals surface area contributed by atoms with Crippen LogP contribution in [0.5, 0.6) is 0 Å². The van der Waals surface area contributed by atoms with E-state index in [-0.39, 0.29) is 5.69 Å². The van der Waals surface area contributed by atoms with Crippen LogP contribution in [0.1, 0.15) is 17.3 Å². The molecule has 1 aliphatic rings. The second-order valence-corrected chi connectivity index (χ2v) is 6.35. The minimum atomic E-state index is -0.630. The Hall–Kier alpha value is -3.71. The minimum Gasteiger partial charge on any atom is -0.348 e. The van der Waals surface area contributed by atoms with Gasteiger partial charge in [0.15, 0.2) is 6.17 Å². The van der Waals surface area contributed by atoms with E-state index in [0.717, 1.165) is 5.56 Å². The summed E-state index contributed by atoms with van der Waals surface area (Å²) >= 11 is 0. The lowest BCUT2D eigenvalue weighted by Crippen LogP contribution is -2.31. The van der Waals surface area contributed by atoms with Crippen molar-refractivity contribution in [1.82, 2.24) is 5.06 Å². The maximum Gasteiger partial charge on any atom is 0.435 e. The van der Waals surface area contributed by atoms with E-state index >= 15 is 0 Å². The minimum absolute atomic E-state index is 0.0375. The molecule has 0 N–H and O–H groups in total. The lowest BCUT2D eigenvalue weighted by molar-refractivity contribution is -0.385. The number of carbonyl (C=O) groups excluding carboxylic acids is 1. The Morgan fingerprint density at radius 1 is 0.929 bits per heavy atom. The standard InChI is InChI=1S/C21H17N3O4/c25-21-23(18-11-5-2-6-12-18)20(17-10-7-13-19(14-17)24(26)27)22(28-21)15-16-8-3-1-4-9-16/h1-14,20H,15H2. The first-order chi connectivity index (χ1) is 13.6.